The second kappa shape index (κ2) is 10.6. The van der Waals surface area contributed by atoms with E-state index in [9.17, 15) is 9.90 Å². The van der Waals surface area contributed by atoms with E-state index in [1.165, 1.54) is 10.6 Å². The van der Waals surface area contributed by atoms with Gasteiger partial charge >= 0.3 is 5.97 Å². The van der Waals surface area contributed by atoms with Gasteiger partial charge in [0.05, 0.1) is 23.5 Å². The minimum absolute atomic E-state index is 0.0317. The molecule has 8 heteroatoms. The number of aliphatic carboxylic acids is 1. The molecule has 0 saturated carbocycles. The molecule has 34 heavy (non-hydrogen) atoms. The molecule has 1 aliphatic heterocycles. The molecule has 0 amide bonds. The predicted molar refractivity (Wildman–Crippen MR) is 142 cm³/mol. The number of nitrogen functional groups attached to an aromatic ring is 1. The summed E-state index contributed by atoms with van der Waals surface area (Å²) in [4.78, 5) is 15.2. The summed E-state index contributed by atoms with van der Waals surface area (Å²) < 4.78 is 2.30. The highest BCUT2D eigenvalue weighted by molar-refractivity contribution is 7.97. The average Bonchev–Trinajstić information content (AvgIpc) is 2.97. The zero-order valence-corrected chi connectivity index (χ0v) is 20.9. The summed E-state index contributed by atoms with van der Waals surface area (Å²) in [6, 6.07) is 19.9. The predicted octanol–water partition coefficient (Wildman–Crippen LogP) is 5.53. The first-order valence-corrected chi connectivity index (χ1v) is 12.3. The van der Waals surface area contributed by atoms with Crippen LogP contribution in [-0.2, 0) is 11.3 Å². The number of rotatable bonds is 7. The Balaban J connectivity index is 1.63. The summed E-state index contributed by atoms with van der Waals surface area (Å²) in [5.41, 5.74) is 11.6. The van der Waals surface area contributed by atoms with Crippen LogP contribution in [0.25, 0.3) is 0 Å². The van der Waals surface area contributed by atoms with Gasteiger partial charge in [-0.25, -0.2) is 4.31 Å². The van der Waals surface area contributed by atoms with Crippen molar-refractivity contribution in [2.75, 3.05) is 43.1 Å². The molecular weight excluding hydrogens is 468 g/mol. The van der Waals surface area contributed by atoms with Crippen LogP contribution in [0.1, 0.15) is 29.0 Å². The van der Waals surface area contributed by atoms with Crippen LogP contribution in [0.4, 0.5) is 17.1 Å². The molecule has 0 radical (unpaired) electrons. The van der Waals surface area contributed by atoms with Crippen molar-refractivity contribution < 1.29 is 9.90 Å². The van der Waals surface area contributed by atoms with Crippen LogP contribution in [0, 0.1) is 0 Å². The molecule has 0 aromatic heterocycles. The number of halogens is 1. The molecule has 0 bridgehead atoms. The smallest absolute Gasteiger partial charge is 0.304 e. The molecule has 4 N–H and O–H groups in total. The number of para-hydroxylation sites is 1. The zero-order chi connectivity index (χ0) is 24.2. The number of carbonyl (C=O) groups is 1. The van der Waals surface area contributed by atoms with Crippen molar-refractivity contribution in [3.05, 3.63) is 82.4 Å². The highest BCUT2D eigenvalue weighted by atomic mass is 35.5. The van der Waals surface area contributed by atoms with E-state index in [0.29, 0.717) is 17.3 Å². The van der Waals surface area contributed by atoms with Gasteiger partial charge in [0.2, 0.25) is 0 Å². The molecule has 1 unspecified atom stereocenters. The van der Waals surface area contributed by atoms with Crippen molar-refractivity contribution in [2.45, 2.75) is 23.8 Å². The van der Waals surface area contributed by atoms with E-state index in [1.807, 2.05) is 43.4 Å². The first kappa shape index (κ1) is 24.3. The summed E-state index contributed by atoms with van der Waals surface area (Å²) in [6.07, 6.45) is -0.0317. The van der Waals surface area contributed by atoms with Gasteiger partial charge in [-0.3, -0.25) is 4.79 Å². The molecule has 1 atom stereocenters. The SMILES string of the molecule is CNc1ccc(C(CC(=O)O)c2ccc(Cl)c(CN3CCN(C)c4ccccc4S3)c2)cc1N. The van der Waals surface area contributed by atoms with E-state index >= 15 is 0 Å². The topological polar surface area (TPSA) is 81.8 Å². The molecular formula is C26H29ClN4O2S. The standard InChI is InChI=1S/C26H29ClN4O2S/c1-29-23-10-8-18(14-22(23)28)20(15-26(32)33)17-7-9-21(27)19(13-17)16-31-12-11-30(2)24-5-3-4-6-25(24)34-31/h3-10,13-14,20,29H,11-12,15-16,28H2,1-2H3,(H,32,33). The molecule has 0 spiro atoms. The Hall–Kier alpha value is -2.87. The summed E-state index contributed by atoms with van der Waals surface area (Å²) in [7, 11) is 3.92. The third kappa shape index (κ3) is 5.43. The molecule has 1 aliphatic rings. The van der Waals surface area contributed by atoms with Crippen LogP contribution < -0.4 is 16.0 Å². The first-order valence-electron chi connectivity index (χ1n) is 11.2. The Morgan fingerprint density at radius 1 is 1.15 bits per heavy atom. The van der Waals surface area contributed by atoms with Crippen LogP contribution in [0.5, 0.6) is 0 Å². The molecule has 1 heterocycles. The lowest BCUT2D eigenvalue weighted by atomic mass is 9.87. The van der Waals surface area contributed by atoms with Gasteiger partial charge in [-0.2, -0.15) is 0 Å². The molecule has 0 fully saturated rings. The monoisotopic (exact) mass is 496 g/mol. The van der Waals surface area contributed by atoms with Crippen LogP contribution >= 0.6 is 23.5 Å². The van der Waals surface area contributed by atoms with E-state index < -0.39 is 5.97 Å². The molecule has 0 aliphatic carbocycles. The number of hydrogen-bond donors (Lipinski definition) is 3. The van der Waals surface area contributed by atoms with E-state index in [0.717, 1.165) is 35.5 Å². The fourth-order valence-electron chi connectivity index (χ4n) is 4.28. The Bertz CT molecular complexity index is 1190. The number of nitrogens with two attached hydrogens (primary N) is 1. The number of anilines is 3. The average molecular weight is 497 g/mol. The van der Waals surface area contributed by atoms with E-state index in [1.54, 1.807) is 11.9 Å². The Labute approximate surface area is 209 Å². The lowest BCUT2D eigenvalue weighted by Gasteiger charge is -2.22. The molecule has 0 saturated heterocycles. The second-order valence-corrected chi connectivity index (χ2v) is 9.99. The van der Waals surface area contributed by atoms with E-state index in [4.69, 9.17) is 17.3 Å². The van der Waals surface area contributed by atoms with Gasteiger partial charge in [0.25, 0.3) is 0 Å². The van der Waals surface area contributed by atoms with Crippen molar-refractivity contribution in [1.29, 1.82) is 0 Å². The number of carboxylic acid groups (broad SMARTS) is 1. The number of hydrogen-bond acceptors (Lipinski definition) is 6. The summed E-state index contributed by atoms with van der Waals surface area (Å²) in [6.45, 7) is 2.43. The van der Waals surface area contributed by atoms with Gasteiger partial charge in [0.1, 0.15) is 0 Å². The largest absolute Gasteiger partial charge is 0.481 e. The normalized spacial score (nSPS) is 14.9. The maximum Gasteiger partial charge on any atom is 0.304 e. The molecule has 178 valence electrons. The summed E-state index contributed by atoms with van der Waals surface area (Å²) in [5.74, 6) is -1.19. The van der Waals surface area contributed by atoms with Crippen LogP contribution in [-0.4, -0.2) is 42.6 Å². The van der Waals surface area contributed by atoms with Crippen molar-refractivity contribution in [3.63, 3.8) is 0 Å². The van der Waals surface area contributed by atoms with E-state index in [-0.39, 0.29) is 12.3 Å². The maximum absolute atomic E-state index is 11.7. The number of fused-ring (bicyclic) bond motifs is 1. The third-order valence-electron chi connectivity index (χ3n) is 6.13. The minimum Gasteiger partial charge on any atom is -0.481 e. The van der Waals surface area contributed by atoms with Gasteiger partial charge in [-0.1, -0.05) is 41.9 Å². The van der Waals surface area contributed by atoms with Gasteiger partial charge in [-0.05, 0) is 59.0 Å². The van der Waals surface area contributed by atoms with Gasteiger partial charge in [0, 0.05) is 49.6 Å². The molecule has 3 aromatic rings. The minimum atomic E-state index is -0.861. The quantitative estimate of drug-likeness (QED) is 0.293. The summed E-state index contributed by atoms with van der Waals surface area (Å²) >= 11 is 8.34. The number of nitrogens with zero attached hydrogens (tertiary/aromatic N) is 2. The molecule has 4 rings (SSSR count). The van der Waals surface area contributed by atoms with Gasteiger partial charge in [0.15, 0.2) is 0 Å². The van der Waals surface area contributed by atoms with Crippen molar-refractivity contribution in [1.82, 2.24) is 4.31 Å². The lowest BCUT2D eigenvalue weighted by Crippen LogP contribution is -2.26. The number of benzene rings is 3. The lowest BCUT2D eigenvalue weighted by molar-refractivity contribution is -0.137. The highest BCUT2D eigenvalue weighted by Crippen LogP contribution is 2.37. The third-order valence-corrected chi connectivity index (χ3v) is 7.61. The number of carboxylic acids is 1. The Morgan fingerprint density at radius 2 is 1.88 bits per heavy atom. The van der Waals surface area contributed by atoms with Crippen molar-refractivity contribution >= 4 is 46.6 Å². The first-order chi connectivity index (χ1) is 16.4. The number of likely N-dealkylation sites (N-methyl/N-ethyl adjacent to an activating group) is 1. The van der Waals surface area contributed by atoms with Gasteiger partial charge < -0.3 is 21.1 Å². The fourth-order valence-corrected chi connectivity index (χ4v) is 5.57. The second-order valence-electron chi connectivity index (χ2n) is 8.44. The van der Waals surface area contributed by atoms with Crippen molar-refractivity contribution in [3.8, 4) is 0 Å². The maximum atomic E-state index is 11.7. The van der Waals surface area contributed by atoms with Gasteiger partial charge in [-0.15, -0.1) is 0 Å². The van der Waals surface area contributed by atoms with Crippen LogP contribution in [0.2, 0.25) is 5.02 Å². The number of nitrogens with one attached hydrogen (secondary N) is 1. The molecule has 3 aromatic carbocycles. The van der Waals surface area contributed by atoms with Crippen LogP contribution in [0.15, 0.2) is 65.6 Å². The highest BCUT2D eigenvalue weighted by Gasteiger charge is 2.22. The summed E-state index contributed by atoms with van der Waals surface area (Å²) in [5, 5.41) is 13.3. The Kier molecular flexibility index (Phi) is 7.56. The molecule has 6 nitrogen and oxygen atoms in total. The zero-order valence-electron chi connectivity index (χ0n) is 19.3. The van der Waals surface area contributed by atoms with Crippen molar-refractivity contribution in [2.24, 2.45) is 0 Å². The van der Waals surface area contributed by atoms with E-state index in [2.05, 4.69) is 45.8 Å². The fraction of sp³-hybridized carbons (Fsp3) is 0.269. The Morgan fingerprint density at radius 3 is 2.62 bits per heavy atom. The van der Waals surface area contributed by atoms with Crippen LogP contribution in [0.3, 0.4) is 0 Å².